The lowest BCUT2D eigenvalue weighted by Gasteiger charge is -2.62. The molecular formula is C27H36F2O6. The highest BCUT2D eigenvalue weighted by Crippen LogP contribution is 2.71. The van der Waals surface area contributed by atoms with Crippen LogP contribution in [0.15, 0.2) is 23.6 Å². The van der Waals surface area contributed by atoms with Crippen molar-refractivity contribution in [2.45, 2.75) is 90.0 Å². The minimum atomic E-state index is -2.27. The Morgan fingerprint density at radius 2 is 1.94 bits per heavy atom. The Kier molecular flexibility index (Phi) is 6.41. The number of unbranched alkanes of at least 4 members (excludes halogenated alkanes) is 1. The Morgan fingerprint density at radius 1 is 1.26 bits per heavy atom. The number of alkyl halides is 1. The van der Waals surface area contributed by atoms with Crippen molar-refractivity contribution in [3.05, 3.63) is 23.6 Å². The van der Waals surface area contributed by atoms with Crippen LogP contribution in [0.2, 0.25) is 0 Å². The van der Waals surface area contributed by atoms with Gasteiger partial charge < -0.3 is 14.9 Å². The Hall–Kier alpha value is -1.93. The van der Waals surface area contributed by atoms with Crippen LogP contribution in [0.1, 0.15) is 72.6 Å². The third-order valence-corrected chi connectivity index (χ3v) is 9.84. The number of hydrogen-bond acceptors (Lipinski definition) is 6. The van der Waals surface area contributed by atoms with Crippen LogP contribution in [0.5, 0.6) is 0 Å². The molecule has 0 aromatic carbocycles. The smallest absolute Gasteiger partial charge is 0.306 e. The van der Waals surface area contributed by atoms with E-state index in [0.717, 1.165) is 12.5 Å². The summed E-state index contributed by atoms with van der Waals surface area (Å²) in [5, 5.41) is 21.3. The van der Waals surface area contributed by atoms with E-state index in [-0.39, 0.29) is 31.3 Å². The van der Waals surface area contributed by atoms with Crippen LogP contribution in [0.4, 0.5) is 8.78 Å². The molecule has 3 fully saturated rings. The molecule has 194 valence electrons. The summed E-state index contributed by atoms with van der Waals surface area (Å²) in [6.07, 6.45) is 2.76. The van der Waals surface area contributed by atoms with E-state index >= 15 is 4.39 Å². The second-order valence-electron chi connectivity index (χ2n) is 11.4. The summed E-state index contributed by atoms with van der Waals surface area (Å²) in [5.74, 6) is -4.69. The quantitative estimate of drug-likeness (QED) is 0.543. The van der Waals surface area contributed by atoms with E-state index < -0.39 is 75.9 Å². The highest BCUT2D eigenvalue weighted by Gasteiger charge is 2.77. The van der Waals surface area contributed by atoms with E-state index in [1.165, 1.54) is 13.0 Å². The molecule has 0 heterocycles. The third-order valence-electron chi connectivity index (χ3n) is 9.84. The van der Waals surface area contributed by atoms with Crippen LogP contribution < -0.4 is 0 Å². The van der Waals surface area contributed by atoms with Crippen LogP contribution in [-0.2, 0) is 19.1 Å². The van der Waals surface area contributed by atoms with E-state index in [1.54, 1.807) is 13.8 Å². The van der Waals surface area contributed by atoms with Gasteiger partial charge in [-0.3, -0.25) is 14.4 Å². The number of hydrogen-bond donors (Lipinski definition) is 2. The van der Waals surface area contributed by atoms with Crippen molar-refractivity contribution in [3.63, 3.8) is 0 Å². The maximum atomic E-state index is 17.3. The number of Topliss-reactive ketones (excluding diaryl/α,β-unsaturated/α-hetero) is 1. The number of rotatable bonds is 6. The number of ketones is 2. The monoisotopic (exact) mass is 494 g/mol. The molecule has 0 radical (unpaired) electrons. The number of ether oxygens (including phenoxy) is 1. The van der Waals surface area contributed by atoms with Crippen LogP contribution in [0, 0.1) is 28.6 Å². The van der Waals surface area contributed by atoms with E-state index in [4.69, 9.17) is 4.74 Å². The molecule has 0 aromatic heterocycles. The van der Waals surface area contributed by atoms with Gasteiger partial charge in [-0.15, -0.1) is 0 Å². The Balaban J connectivity index is 1.82. The zero-order valence-corrected chi connectivity index (χ0v) is 20.9. The predicted octanol–water partition coefficient (Wildman–Crippen LogP) is 3.93. The second kappa shape index (κ2) is 8.58. The minimum Gasteiger partial charge on any atom is -0.450 e. The third kappa shape index (κ3) is 3.21. The molecule has 3 saturated carbocycles. The topological polar surface area (TPSA) is 101 Å². The lowest BCUT2D eigenvalue weighted by atomic mass is 9.44. The van der Waals surface area contributed by atoms with Gasteiger partial charge in [-0.05, 0) is 56.6 Å². The highest BCUT2D eigenvalue weighted by molar-refractivity contribution is 6.04. The normalized spacial score (nSPS) is 44.5. The second-order valence-corrected chi connectivity index (χ2v) is 11.4. The number of fused-ring (bicyclic) bond motifs is 5. The molecule has 4 aliphatic rings. The Bertz CT molecular complexity index is 1010. The molecule has 0 saturated heterocycles. The average Bonchev–Trinajstić information content (AvgIpc) is 3.03. The first-order valence-corrected chi connectivity index (χ1v) is 12.7. The lowest BCUT2D eigenvalue weighted by Crippen LogP contribution is -2.70. The van der Waals surface area contributed by atoms with Crippen molar-refractivity contribution < 1.29 is 38.1 Å². The van der Waals surface area contributed by atoms with Crippen molar-refractivity contribution in [3.8, 4) is 0 Å². The van der Waals surface area contributed by atoms with Gasteiger partial charge in [0.25, 0.3) is 0 Å². The SMILES string of the molecule is CCCCC(=O)O[C@@]1(C(=O)CO)[C@H](C)C[C@H]2[C@@H]3CCC4=C(F)C(=O)C=C[C@]4(C)[C@@]3(F)[C@@H](O)C[C@@]21C. The Morgan fingerprint density at radius 3 is 2.57 bits per heavy atom. The van der Waals surface area contributed by atoms with Gasteiger partial charge in [0.05, 0.1) is 6.10 Å². The first-order chi connectivity index (χ1) is 16.3. The van der Waals surface area contributed by atoms with E-state index in [1.807, 2.05) is 6.92 Å². The van der Waals surface area contributed by atoms with Crippen molar-refractivity contribution in [2.75, 3.05) is 6.61 Å². The molecule has 0 bridgehead atoms. The summed E-state index contributed by atoms with van der Waals surface area (Å²) < 4.78 is 38.1. The van der Waals surface area contributed by atoms with E-state index in [9.17, 15) is 29.0 Å². The standard InChI is InChI=1S/C27H36F2O6/c1-5-6-7-22(34)35-27(21(33)14-30)15(2)12-18-16-8-9-17-23(28)19(31)10-11-24(17,3)26(16,29)20(32)13-25(18,27)4/h10-11,15-16,18,20,30,32H,5-9,12-14H2,1-4H3/t15-,16+,18+,20+,24+,25+,26+,27-/m1/s1. The Labute approximate surface area is 204 Å². The van der Waals surface area contributed by atoms with Crippen molar-refractivity contribution in [2.24, 2.45) is 28.6 Å². The molecule has 0 aromatic rings. The molecule has 35 heavy (non-hydrogen) atoms. The molecule has 0 spiro atoms. The van der Waals surface area contributed by atoms with Gasteiger partial charge in [-0.2, -0.15) is 0 Å². The molecule has 0 amide bonds. The molecule has 2 N–H and O–H groups in total. The number of carbonyl (C=O) groups is 3. The van der Waals surface area contributed by atoms with E-state index in [0.29, 0.717) is 12.8 Å². The largest absolute Gasteiger partial charge is 0.450 e. The summed E-state index contributed by atoms with van der Waals surface area (Å²) >= 11 is 0. The fourth-order valence-corrected chi connectivity index (χ4v) is 8.15. The number of aliphatic hydroxyl groups is 2. The molecular weight excluding hydrogens is 458 g/mol. The highest BCUT2D eigenvalue weighted by atomic mass is 19.1. The molecule has 6 nitrogen and oxygen atoms in total. The average molecular weight is 495 g/mol. The molecule has 4 aliphatic carbocycles. The predicted molar refractivity (Wildman–Crippen MR) is 123 cm³/mol. The molecule has 4 rings (SSSR count). The fourth-order valence-electron chi connectivity index (χ4n) is 8.15. The number of allylic oxidation sites excluding steroid dienone is 4. The van der Waals surface area contributed by atoms with Gasteiger partial charge in [0, 0.05) is 29.1 Å². The minimum absolute atomic E-state index is 0.0705. The fraction of sp³-hybridized carbons (Fsp3) is 0.741. The molecule has 0 aliphatic heterocycles. The number of aliphatic hydroxyl groups excluding tert-OH is 2. The van der Waals surface area contributed by atoms with Crippen molar-refractivity contribution >= 4 is 17.5 Å². The summed E-state index contributed by atoms with van der Waals surface area (Å²) in [4.78, 5) is 38.1. The zero-order valence-electron chi connectivity index (χ0n) is 20.9. The van der Waals surface area contributed by atoms with Gasteiger partial charge in [0.2, 0.25) is 11.6 Å². The number of halogens is 2. The lowest BCUT2D eigenvalue weighted by molar-refractivity contribution is -0.228. The first kappa shape index (κ1) is 26.1. The summed E-state index contributed by atoms with van der Waals surface area (Å²) in [6, 6.07) is 0. The van der Waals surface area contributed by atoms with Gasteiger partial charge >= 0.3 is 5.97 Å². The van der Waals surface area contributed by atoms with Crippen molar-refractivity contribution in [1.82, 2.24) is 0 Å². The first-order valence-electron chi connectivity index (χ1n) is 12.7. The van der Waals surface area contributed by atoms with Crippen LogP contribution >= 0.6 is 0 Å². The van der Waals surface area contributed by atoms with Gasteiger partial charge in [-0.1, -0.05) is 33.3 Å². The summed E-state index contributed by atoms with van der Waals surface area (Å²) in [5.41, 5.74) is -6.54. The van der Waals surface area contributed by atoms with Gasteiger partial charge in [-0.25, -0.2) is 8.78 Å². The van der Waals surface area contributed by atoms with Gasteiger partial charge in [0.15, 0.2) is 17.1 Å². The van der Waals surface area contributed by atoms with E-state index in [2.05, 4.69) is 0 Å². The summed E-state index contributed by atoms with van der Waals surface area (Å²) in [7, 11) is 0. The van der Waals surface area contributed by atoms with Crippen molar-refractivity contribution in [1.29, 1.82) is 0 Å². The van der Waals surface area contributed by atoms with Gasteiger partial charge in [0.1, 0.15) is 6.61 Å². The number of esters is 1. The van der Waals surface area contributed by atoms with Crippen LogP contribution in [-0.4, -0.2) is 51.7 Å². The van der Waals surface area contributed by atoms with Crippen LogP contribution in [0.25, 0.3) is 0 Å². The molecule has 0 unspecified atom stereocenters. The number of carbonyl (C=O) groups excluding carboxylic acids is 3. The maximum Gasteiger partial charge on any atom is 0.306 e. The molecule has 8 atom stereocenters. The zero-order chi connectivity index (χ0) is 26.0. The maximum absolute atomic E-state index is 17.3. The molecule has 8 heteroatoms. The van der Waals surface area contributed by atoms with Crippen LogP contribution in [0.3, 0.4) is 0 Å². The summed E-state index contributed by atoms with van der Waals surface area (Å²) in [6.45, 7) is 6.14.